The summed E-state index contributed by atoms with van der Waals surface area (Å²) in [5.41, 5.74) is 4.01. The highest BCUT2D eigenvalue weighted by Gasteiger charge is 2.32. The summed E-state index contributed by atoms with van der Waals surface area (Å²) in [6, 6.07) is 16.2. The van der Waals surface area contributed by atoms with Gasteiger partial charge in [0.05, 0.1) is 5.56 Å². The molecule has 132 valence electrons. The van der Waals surface area contributed by atoms with Crippen LogP contribution < -0.4 is 5.32 Å². The number of carbonyl (C=O) groups excluding carboxylic acids is 1. The van der Waals surface area contributed by atoms with E-state index in [4.69, 9.17) is 0 Å². The molecule has 1 aliphatic rings. The van der Waals surface area contributed by atoms with Crippen LogP contribution in [0.15, 0.2) is 48.5 Å². The molecule has 0 spiro atoms. The van der Waals surface area contributed by atoms with Crippen LogP contribution in [-0.4, -0.2) is 41.9 Å². The number of amides is 1. The number of hydrogen-bond donors (Lipinski definition) is 1. The van der Waals surface area contributed by atoms with Gasteiger partial charge in [0.1, 0.15) is 6.17 Å². The van der Waals surface area contributed by atoms with Crippen molar-refractivity contribution in [2.24, 2.45) is 0 Å². The Morgan fingerprint density at radius 3 is 2.40 bits per heavy atom. The fraction of sp³-hybridized carbons (Fsp3) is 0.381. The van der Waals surface area contributed by atoms with E-state index in [0.29, 0.717) is 6.54 Å². The highest BCUT2D eigenvalue weighted by molar-refractivity contribution is 6.01. The van der Waals surface area contributed by atoms with E-state index in [2.05, 4.69) is 55.3 Å². The molecule has 0 aromatic heterocycles. The summed E-state index contributed by atoms with van der Waals surface area (Å²) in [6.45, 7) is 9.98. The number of carbonyl (C=O) groups is 1. The number of benzene rings is 2. The van der Waals surface area contributed by atoms with Gasteiger partial charge in [0.2, 0.25) is 0 Å². The Labute approximate surface area is 150 Å². The number of nitrogens with zero attached hydrogens (tertiary/aromatic N) is 2. The zero-order chi connectivity index (χ0) is 17.8. The molecular weight excluding hydrogens is 310 g/mol. The molecule has 1 N–H and O–H groups in total. The predicted octanol–water partition coefficient (Wildman–Crippen LogP) is 3.90. The van der Waals surface area contributed by atoms with Crippen LogP contribution in [0.4, 0.5) is 5.69 Å². The van der Waals surface area contributed by atoms with Gasteiger partial charge in [-0.3, -0.25) is 4.79 Å². The normalized spacial score (nSPS) is 16.7. The third kappa shape index (κ3) is 3.69. The molecule has 1 aliphatic heterocycles. The number of hydrogen-bond acceptors (Lipinski definition) is 3. The first-order valence-corrected chi connectivity index (χ1v) is 9.09. The zero-order valence-corrected chi connectivity index (χ0v) is 15.3. The van der Waals surface area contributed by atoms with E-state index in [1.165, 1.54) is 5.56 Å². The predicted molar refractivity (Wildman–Crippen MR) is 103 cm³/mol. The van der Waals surface area contributed by atoms with E-state index in [-0.39, 0.29) is 12.1 Å². The maximum absolute atomic E-state index is 13.1. The van der Waals surface area contributed by atoms with Crippen LogP contribution in [0.25, 0.3) is 0 Å². The largest absolute Gasteiger partial charge is 0.361 e. The van der Waals surface area contributed by atoms with Crippen molar-refractivity contribution in [2.75, 3.05) is 31.5 Å². The van der Waals surface area contributed by atoms with E-state index in [0.717, 1.165) is 36.4 Å². The summed E-state index contributed by atoms with van der Waals surface area (Å²) in [5, 5.41) is 3.56. The molecule has 25 heavy (non-hydrogen) atoms. The fourth-order valence-electron chi connectivity index (χ4n) is 3.32. The number of fused-ring (bicyclic) bond motifs is 1. The third-order valence-electron chi connectivity index (χ3n) is 4.97. The lowest BCUT2D eigenvalue weighted by Gasteiger charge is -2.39. The van der Waals surface area contributed by atoms with E-state index in [1.54, 1.807) is 0 Å². The first-order valence-electron chi connectivity index (χ1n) is 9.09. The van der Waals surface area contributed by atoms with Crippen molar-refractivity contribution < 1.29 is 4.79 Å². The summed E-state index contributed by atoms with van der Waals surface area (Å²) >= 11 is 0. The van der Waals surface area contributed by atoms with Gasteiger partial charge >= 0.3 is 0 Å². The van der Waals surface area contributed by atoms with Crippen molar-refractivity contribution in [3.63, 3.8) is 0 Å². The summed E-state index contributed by atoms with van der Waals surface area (Å²) < 4.78 is 0. The van der Waals surface area contributed by atoms with Gasteiger partial charge < -0.3 is 15.1 Å². The molecule has 0 saturated heterocycles. The number of anilines is 1. The molecule has 0 saturated carbocycles. The van der Waals surface area contributed by atoms with Crippen LogP contribution in [0, 0.1) is 6.92 Å². The lowest BCUT2D eigenvalue weighted by molar-refractivity contribution is 0.0660. The molecule has 1 atom stereocenters. The van der Waals surface area contributed by atoms with Crippen molar-refractivity contribution in [2.45, 2.75) is 26.9 Å². The maximum atomic E-state index is 13.1. The van der Waals surface area contributed by atoms with Crippen LogP contribution in [0.5, 0.6) is 0 Å². The molecular formula is C21H27N3O. The minimum atomic E-state index is -0.126. The highest BCUT2D eigenvalue weighted by Crippen LogP contribution is 2.32. The molecule has 0 fully saturated rings. The minimum Gasteiger partial charge on any atom is -0.361 e. The second kappa shape index (κ2) is 7.70. The van der Waals surface area contributed by atoms with Crippen molar-refractivity contribution in [3.8, 4) is 0 Å². The van der Waals surface area contributed by atoms with Gasteiger partial charge in [0, 0.05) is 18.8 Å². The van der Waals surface area contributed by atoms with Crippen LogP contribution in [0.3, 0.4) is 0 Å². The SMILES string of the molecule is CCN(CC)CCN1C(=O)c2ccccc2N[C@H]1c1ccc(C)cc1. The van der Waals surface area contributed by atoms with Crippen LogP contribution >= 0.6 is 0 Å². The molecule has 2 aromatic carbocycles. The number of likely N-dealkylation sites (N-methyl/N-ethyl adjacent to an activating group) is 1. The quantitative estimate of drug-likeness (QED) is 0.868. The Bertz CT molecular complexity index is 722. The lowest BCUT2D eigenvalue weighted by atomic mass is 10.0. The number of nitrogens with one attached hydrogen (secondary N) is 1. The molecule has 0 radical (unpaired) electrons. The van der Waals surface area contributed by atoms with Gasteiger partial charge in [0.25, 0.3) is 5.91 Å². The number of aryl methyl sites for hydroxylation is 1. The number of rotatable bonds is 6. The molecule has 4 nitrogen and oxygen atoms in total. The van der Waals surface area contributed by atoms with Gasteiger partial charge in [-0.25, -0.2) is 0 Å². The smallest absolute Gasteiger partial charge is 0.257 e. The molecule has 2 aromatic rings. The van der Waals surface area contributed by atoms with Crippen LogP contribution in [-0.2, 0) is 0 Å². The minimum absolute atomic E-state index is 0.104. The molecule has 0 aliphatic carbocycles. The molecule has 3 rings (SSSR count). The number of para-hydroxylation sites is 1. The topological polar surface area (TPSA) is 35.6 Å². The Balaban J connectivity index is 1.91. The Hall–Kier alpha value is -2.33. The monoisotopic (exact) mass is 337 g/mol. The van der Waals surface area contributed by atoms with Crippen LogP contribution in [0.1, 0.15) is 41.5 Å². The van der Waals surface area contributed by atoms with E-state index < -0.39 is 0 Å². The van der Waals surface area contributed by atoms with Crippen molar-refractivity contribution in [1.29, 1.82) is 0 Å². The van der Waals surface area contributed by atoms with Crippen molar-refractivity contribution in [3.05, 3.63) is 65.2 Å². The average Bonchev–Trinajstić information content (AvgIpc) is 2.64. The second-order valence-electron chi connectivity index (χ2n) is 6.53. The van der Waals surface area contributed by atoms with Gasteiger partial charge in [0.15, 0.2) is 0 Å². The third-order valence-corrected chi connectivity index (χ3v) is 4.97. The lowest BCUT2D eigenvalue weighted by Crippen LogP contribution is -2.46. The van der Waals surface area contributed by atoms with Gasteiger partial charge in [-0.05, 0) is 37.7 Å². The average molecular weight is 337 g/mol. The van der Waals surface area contributed by atoms with E-state index >= 15 is 0 Å². The molecule has 0 unspecified atom stereocenters. The Morgan fingerprint density at radius 1 is 1.04 bits per heavy atom. The van der Waals surface area contributed by atoms with Gasteiger partial charge in [-0.1, -0.05) is 55.8 Å². The second-order valence-corrected chi connectivity index (χ2v) is 6.53. The zero-order valence-electron chi connectivity index (χ0n) is 15.3. The van der Waals surface area contributed by atoms with E-state index in [9.17, 15) is 4.79 Å². The first kappa shape index (κ1) is 17.5. The van der Waals surface area contributed by atoms with E-state index in [1.807, 2.05) is 29.2 Å². The van der Waals surface area contributed by atoms with Crippen molar-refractivity contribution >= 4 is 11.6 Å². The molecule has 4 heteroatoms. The summed E-state index contributed by atoms with van der Waals surface area (Å²) in [5.74, 6) is 0.104. The molecule has 0 bridgehead atoms. The van der Waals surface area contributed by atoms with Crippen molar-refractivity contribution in [1.82, 2.24) is 9.80 Å². The Morgan fingerprint density at radius 2 is 1.72 bits per heavy atom. The highest BCUT2D eigenvalue weighted by atomic mass is 16.2. The fourth-order valence-corrected chi connectivity index (χ4v) is 3.32. The van der Waals surface area contributed by atoms with Crippen LogP contribution in [0.2, 0.25) is 0 Å². The summed E-state index contributed by atoms with van der Waals surface area (Å²) in [4.78, 5) is 17.4. The Kier molecular flexibility index (Phi) is 5.39. The first-order chi connectivity index (χ1) is 12.1. The molecule has 1 heterocycles. The van der Waals surface area contributed by atoms with Gasteiger partial charge in [-0.15, -0.1) is 0 Å². The standard InChI is InChI=1S/C21H27N3O/c1-4-23(5-2)14-15-24-20(17-12-10-16(3)11-13-17)22-19-9-7-6-8-18(19)21(24)25/h6-13,20,22H,4-5,14-15H2,1-3H3/t20-/m1/s1. The summed E-state index contributed by atoms with van der Waals surface area (Å²) in [6.07, 6.45) is -0.126. The molecule has 1 amide bonds. The maximum Gasteiger partial charge on any atom is 0.257 e. The summed E-state index contributed by atoms with van der Waals surface area (Å²) in [7, 11) is 0. The van der Waals surface area contributed by atoms with Gasteiger partial charge in [-0.2, -0.15) is 0 Å².